The molecule has 1 N–H and O–H groups in total. The Hall–Kier alpha value is -3.02. The van der Waals surface area contributed by atoms with Crippen LogP contribution < -0.4 is 15.0 Å². The van der Waals surface area contributed by atoms with Gasteiger partial charge in [0.1, 0.15) is 11.4 Å². The molecule has 0 spiro atoms. The van der Waals surface area contributed by atoms with Crippen LogP contribution in [-0.2, 0) is 16.1 Å². The lowest BCUT2D eigenvalue weighted by Crippen LogP contribution is -2.38. The average molecular weight is 382 g/mol. The fraction of sp³-hybridized carbons (Fsp3) is 0.364. The number of benzene rings is 2. The molecule has 0 fully saturated rings. The zero-order chi connectivity index (χ0) is 20.5. The van der Waals surface area contributed by atoms with E-state index in [1.54, 1.807) is 43.9 Å². The molecule has 0 saturated heterocycles. The summed E-state index contributed by atoms with van der Waals surface area (Å²) in [6, 6.07) is 11.4. The summed E-state index contributed by atoms with van der Waals surface area (Å²) in [6.07, 6.45) is -0.545. The third kappa shape index (κ3) is 4.63. The van der Waals surface area contributed by atoms with Gasteiger partial charge in [-0.3, -0.25) is 10.1 Å². The summed E-state index contributed by atoms with van der Waals surface area (Å²) in [6.45, 7) is 9.93. The van der Waals surface area contributed by atoms with Gasteiger partial charge in [0.2, 0.25) is 0 Å². The Bertz CT molecular complexity index is 915. The maximum Gasteiger partial charge on any atom is 0.412 e. The molecule has 2 amide bonds. The van der Waals surface area contributed by atoms with Crippen LogP contribution in [0.3, 0.4) is 0 Å². The number of fused-ring (bicyclic) bond motifs is 1. The van der Waals surface area contributed by atoms with Gasteiger partial charge < -0.3 is 14.4 Å². The predicted molar refractivity (Wildman–Crippen MR) is 109 cm³/mol. The van der Waals surface area contributed by atoms with Gasteiger partial charge in [-0.2, -0.15) is 0 Å². The van der Waals surface area contributed by atoms with Crippen LogP contribution in [0.2, 0.25) is 0 Å². The second-order valence-electron chi connectivity index (χ2n) is 8.01. The van der Waals surface area contributed by atoms with E-state index in [4.69, 9.17) is 9.47 Å². The van der Waals surface area contributed by atoms with Crippen LogP contribution >= 0.6 is 0 Å². The topological polar surface area (TPSA) is 67.9 Å². The Morgan fingerprint density at radius 3 is 2.61 bits per heavy atom. The second-order valence-corrected chi connectivity index (χ2v) is 8.01. The van der Waals surface area contributed by atoms with Gasteiger partial charge >= 0.3 is 6.09 Å². The molecule has 0 saturated carbocycles. The fourth-order valence-corrected chi connectivity index (χ4v) is 3.07. The third-order valence-electron chi connectivity index (χ3n) is 4.37. The molecule has 1 heterocycles. The van der Waals surface area contributed by atoms with Crippen molar-refractivity contribution < 1.29 is 19.1 Å². The van der Waals surface area contributed by atoms with Gasteiger partial charge in [-0.15, -0.1) is 0 Å². The molecule has 2 aromatic rings. The molecular weight excluding hydrogens is 356 g/mol. The molecule has 1 aliphatic rings. The normalized spacial score (nSPS) is 13.6. The highest BCUT2D eigenvalue weighted by molar-refractivity contribution is 5.99. The monoisotopic (exact) mass is 382 g/mol. The first-order valence-corrected chi connectivity index (χ1v) is 9.26. The summed E-state index contributed by atoms with van der Waals surface area (Å²) in [5.74, 6) is 0.487. The van der Waals surface area contributed by atoms with Crippen molar-refractivity contribution in [2.24, 2.45) is 0 Å². The van der Waals surface area contributed by atoms with Crippen LogP contribution in [0.4, 0.5) is 16.2 Å². The lowest BCUT2D eigenvalue weighted by molar-refractivity contribution is -0.121. The molecule has 0 aromatic heterocycles. The van der Waals surface area contributed by atoms with E-state index in [1.807, 2.05) is 26.0 Å². The maximum absolute atomic E-state index is 12.5. The molecule has 2 aromatic carbocycles. The van der Waals surface area contributed by atoms with Gasteiger partial charge in [-0.1, -0.05) is 23.8 Å². The van der Waals surface area contributed by atoms with Gasteiger partial charge in [-0.05, 0) is 63.9 Å². The Balaban J connectivity index is 1.86. The number of nitrogens with zero attached hydrogens (tertiary/aromatic N) is 1. The zero-order valence-electron chi connectivity index (χ0n) is 17.0. The molecule has 6 nitrogen and oxygen atoms in total. The summed E-state index contributed by atoms with van der Waals surface area (Å²) in [7, 11) is 0. The number of hydrogen-bond acceptors (Lipinski definition) is 4. The number of carbonyl (C=O) groups is 2. The van der Waals surface area contributed by atoms with Gasteiger partial charge in [0.05, 0.1) is 12.2 Å². The SMILES string of the molecule is Cc1ccc(CN2C(=O)COc3ccc(NC(=O)OC(C)(C)C)cc32)c(C)c1. The van der Waals surface area contributed by atoms with Crippen molar-refractivity contribution in [3.05, 3.63) is 53.1 Å². The van der Waals surface area contributed by atoms with E-state index < -0.39 is 11.7 Å². The van der Waals surface area contributed by atoms with Crippen LogP contribution in [0.1, 0.15) is 37.5 Å². The highest BCUT2D eigenvalue weighted by Crippen LogP contribution is 2.36. The quantitative estimate of drug-likeness (QED) is 0.844. The number of nitrogens with one attached hydrogen (secondary N) is 1. The molecule has 0 radical (unpaired) electrons. The van der Waals surface area contributed by atoms with Crippen molar-refractivity contribution in [2.45, 2.75) is 46.8 Å². The summed E-state index contributed by atoms with van der Waals surface area (Å²) in [4.78, 5) is 26.3. The Morgan fingerprint density at radius 2 is 1.93 bits per heavy atom. The Morgan fingerprint density at radius 1 is 1.18 bits per heavy atom. The van der Waals surface area contributed by atoms with Gasteiger partial charge in [0, 0.05) is 5.69 Å². The molecule has 0 bridgehead atoms. The van der Waals surface area contributed by atoms with Crippen LogP contribution in [0.15, 0.2) is 36.4 Å². The molecule has 6 heteroatoms. The van der Waals surface area contributed by atoms with Crippen LogP contribution in [-0.4, -0.2) is 24.2 Å². The zero-order valence-corrected chi connectivity index (χ0v) is 17.0. The van der Waals surface area contributed by atoms with E-state index in [0.29, 0.717) is 23.7 Å². The van der Waals surface area contributed by atoms with Crippen molar-refractivity contribution in [1.82, 2.24) is 0 Å². The summed E-state index contributed by atoms with van der Waals surface area (Å²) < 4.78 is 10.9. The van der Waals surface area contributed by atoms with Crippen molar-refractivity contribution in [3.63, 3.8) is 0 Å². The van der Waals surface area contributed by atoms with E-state index in [9.17, 15) is 9.59 Å². The summed E-state index contributed by atoms with van der Waals surface area (Å²) >= 11 is 0. The largest absolute Gasteiger partial charge is 0.482 e. The molecule has 0 aliphatic carbocycles. The first kappa shape index (κ1) is 19.7. The second kappa shape index (κ2) is 7.54. The lowest BCUT2D eigenvalue weighted by Gasteiger charge is -2.30. The highest BCUT2D eigenvalue weighted by atomic mass is 16.6. The number of rotatable bonds is 3. The first-order valence-electron chi connectivity index (χ1n) is 9.26. The smallest absolute Gasteiger partial charge is 0.412 e. The van der Waals surface area contributed by atoms with E-state index in [2.05, 4.69) is 11.4 Å². The van der Waals surface area contributed by atoms with Gasteiger partial charge in [0.25, 0.3) is 5.91 Å². The Labute approximate surface area is 165 Å². The number of aryl methyl sites for hydroxylation is 2. The standard InChI is InChI=1S/C22H26N2O4/c1-14-6-7-16(15(2)10-14)12-24-18-11-17(23-21(26)28-22(3,4)5)8-9-19(18)27-13-20(24)25/h6-11H,12-13H2,1-5H3,(H,23,26). The van der Waals surface area contributed by atoms with Crippen molar-refractivity contribution in [1.29, 1.82) is 0 Å². The summed E-state index contributed by atoms with van der Waals surface area (Å²) in [5.41, 5.74) is 3.95. The average Bonchev–Trinajstić information content (AvgIpc) is 2.57. The van der Waals surface area contributed by atoms with Gasteiger partial charge in [-0.25, -0.2) is 4.79 Å². The molecule has 28 heavy (non-hydrogen) atoms. The summed E-state index contributed by atoms with van der Waals surface area (Å²) in [5, 5.41) is 2.71. The predicted octanol–water partition coefficient (Wildman–Crippen LogP) is 4.58. The van der Waals surface area contributed by atoms with Crippen LogP contribution in [0.5, 0.6) is 5.75 Å². The minimum absolute atomic E-state index is 0.00322. The van der Waals surface area contributed by atoms with Crippen molar-refractivity contribution >= 4 is 23.4 Å². The highest BCUT2D eigenvalue weighted by Gasteiger charge is 2.27. The van der Waals surface area contributed by atoms with Crippen molar-refractivity contribution in [2.75, 3.05) is 16.8 Å². The Kier molecular flexibility index (Phi) is 5.31. The maximum atomic E-state index is 12.5. The number of ether oxygens (including phenoxy) is 2. The van der Waals surface area contributed by atoms with E-state index in [0.717, 1.165) is 11.1 Å². The number of carbonyl (C=O) groups excluding carboxylic acids is 2. The molecule has 3 rings (SSSR count). The molecule has 148 valence electrons. The molecular formula is C22H26N2O4. The molecule has 0 atom stereocenters. The van der Waals surface area contributed by atoms with Crippen LogP contribution in [0.25, 0.3) is 0 Å². The van der Waals surface area contributed by atoms with Crippen LogP contribution in [0, 0.1) is 13.8 Å². The van der Waals surface area contributed by atoms with E-state index >= 15 is 0 Å². The number of hydrogen-bond donors (Lipinski definition) is 1. The minimum atomic E-state index is -0.591. The molecule has 1 aliphatic heterocycles. The first-order chi connectivity index (χ1) is 13.1. The fourth-order valence-electron chi connectivity index (χ4n) is 3.07. The minimum Gasteiger partial charge on any atom is -0.482 e. The third-order valence-corrected chi connectivity index (χ3v) is 4.37. The molecule has 0 unspecified atom stereocenters. The van der Waals surface area contributed by atoms with E-state index in [-0.39, 0.29) is 12.5 Å². The van der Waals surface area contributed by atoms with E-state index in [1.165, 1.54) is 5.56 Å². The number of amides is 2. The van der Waals surface area contributed by atoms with Gasteiger partial charge in [0.15, 0.2) is 6.61 Å². The lowest BCUT2D eigenvalue weighted by atomic mass is 10.0. The van der Waals surface area contributed by atoms with Crippen molar-refractivity contribution in [3.8, 4) is 5.75 Å². The number of anilines is 2.